The lowest BCUT2D eigenvalue weighted by Gasteiger charge is -2.19. The summed E-state index contributed by atoms with van der Waals surface area (Å²) in [6, 6.07) is 28.7. The molecular weight excluding hydrogens is 486 g/mol. The van der Waals surface area contributed by atoms with Crippen LogP contribution in [0.15, 0.2) is 122 Å². The zero-order valence-corrected chi connectivity index (χ0v) is 22.1. The van der Waals surface area contributed by atoms with Crippen LogP contribution in [0, 0.1) is 0 Å². The third-order valence-corrected chi connectivity index (χ3v) is 8.25. The van der Waals surface area contributed by atoms with Crippen LogP contribution in [0.4, 0.5) is 0 Å². The lowest BCUT2D eigenvalue weighted by molar-refractivity contribution is 0.974. The molecule has 1 aliphatic heterocycles. The summed E-state index contributed by atoms with van der Waals surface area (Å²) in [5.74, 6) is 0. The monoisotopic (exact) mass is 513 g/mol. The second-order valence-corrected chi connectivity index (χ2v) is 10.6. The molecular formula is C37H27N3. The van der Waals surface area contributed by atoms with Gasteiger partial charge in [-0.2, -0.15) is 0 Å². The molecule has 0 bridgehead atoms. The van der Waals surface area contributed by atoms with E-state index in [9.17, 15) is 0 Å². The molecule has 0 atom stereocenters. The number of pyridine rings is 2. The average Bonchev–Trinajstić information content (AvgIpc) is 3.37. The van der Waals surface area contributed by atoms with Crippen LogP contribution in [0.5, 0.6) is 0 Å². The molecule has 2 aliphatic carbocycles. The fourth-order valence-corrected chi connectivity index (χ4v) is 6.36. The van der Waals surface area contributed by atoms with Crippen molar-refractivity contribution in [2.24, 2.45) is 0 Å². The molecule has 0 fully saturated rings. The van der Waals surface area contributed by atoms with Crippen LogP contribution in [-0.2, 0) is 0 Å². The Morgan fingerprint density at radius 3 is 2.25 bits per heavy atom. The highest BCUT2D eigenvalue weighted by Crippen LogP contribution is 2.49. The molecule has 0 amide bonds. The minimum absolute atomic E-state index is 0.810. The van der Waals surface area contributed by atoms with Crippen molar-refractivity contribution in [2.45, 2.75) is 12.8 Å². The van der Waals surface area contributed by atoms with Gasteiger partial charge >= 0.3 is 0 Å². The van der Waals surface area contributed by atoms with Crippen molar-refractivity contribution in [3.63, 3.8) is 0 Å². The van der Waals surface area contributed by atoms with Crippen molar-refractivity contribution in [3.05, 3.63) is 139 Å². The van der Waals surface area contributed by atoms with E-state index < -0.39 is 0 Å². The SMILES string of the molecule is C1=CC(c2cc(C3=CCCC(c4ccc5c6c(cccc46)-c4ccccc4-5)=C3)cc(-c3ccncc3)n2)=CCN1. The minimum atomic E-state index is 0.810. The number of dihydropyridines is 1. The van der Waals surface area contributed by atoms with E-state index in [1.54, 1.807) is 0 Å². The number of aromatic nitrogens is 2. The Bertz CT molecular complexity index is 1910. The third-order valence-electron chi connectivity index (χ3n) is 8.25. The maximum Gasteiger partial charge on any atom is 0.0716 e. The summed E-state index contributed by atoms with van der Waals surface area (Å²) in [5.41, 5.74) is 14.7. The Balaban J connectivity index is 1.25. The van der Waals surface area contributed by atoms with Gasteiger partial charge in [0.25, 0.3) is 0 Å². The second kappa shape index (κ2) is 9.32. The first kappa shape index (κ1) is 22.9. The summed E-state index contributed by atoms with van der Waals surface area (Å²) in [7, 11) is 0. The van der Waals surface area contributed by atoms with Crippen LogP contribution in [0.25, 0.3) is 61.0 Å². The molecule has 3 heterocycles. The molecule has 0 radical (unpaired) electrons. The normalized spacial score (nSPS) is 15.2. The molecule has 1 N–H and O–H groups in total. The Morgan fingerprint density at radius 1 is 0.650 bits per heavy atom. The van der Waals surface area contributed by atoms with Crippen LogP contribution >= 0.6 is 0 Å². The molecule has 3 heteroatoms. The molecule has 3 aliphatic rings. The van der Waals surface area contributed by atoms with E-state index in [1.165, 1.54) is 55.3 Å². The van der Waals surface area contributed by atoms with E-state index in [-0.39, 0.29) is 0 Å². The zero-order valence-electron chi connectivity index (χ0n) is 22.1. The summed E-state index contributed by atoms with van der Waals surface area (Å²) < 4.78 is 0. The van der Waals surface area contributed by atoms with Gasteiger partial charge in [0.15, 0.2) is 0 Å². The topological polar surface area (TPSA) is 37.8 Å². The highest BCUT2D eigenvalue weighted by molar-refractivity contribution is 6.17. The highest BCUT2D eigenvalue weighted by Gasteiger charge is 2.23. The lowest BCUT2D eigenvalue weighted by atomic mass is 9.87. The number of fused-ring (bicyclic) bond motifs is 3. The Hall–Kier alpha value is -5.02. The quantitative estimate of drug-likeness (QED) is 0.256. The number of nitrogens with zero attached hydrogens (tertiary/aromatic N) is 2. The van der Waals surface area contributed by atoms with E-state index in [4.69, 9.17) is 4.98 Å². The fraction of sp³-hybridized carbons (Fsp3) is 0.0811. The fourth-order valence-electron chi connectivity index (χ4n) is 6.36. The van der Waals surface area contributed by atoms with E-state index in [1.807, 2.05) is 30.7 Å². The zero-order chi connectivity index (χ0) is 26.5. The van der Waals surface area contributed by atoms with Gasteiger partial charge in [-0.05, 0) is 110 Å². The molecule has 3 aromatic carbocycles. The van der Waals surface area contributed by atoms with Gasteiger partial charge in [-0.3, -0.25) is 4.98 Å². The number of rotatable bonds is 4. The van der Waals surface area contributed by atoms with Crippen LogP contribution in [0.1, 0.15) is 29.7 Å². The third kappa shape index (κ3) is 3.74. The Morgan fingerprint density at radius 2 is 1.43 bits per heavy atom. The predicted molar refractivity (Wildman–Crippen MR) is 166 cm³/mol. The summed E-state index contributed by atoms with van der Waals surface area (Å²) in [5, 5.41) is 5.98. The largest absolute Gasteiger partial charge is 0.387 e. The first-order valence-electron chi connectivity index (χ1n) is 13.9. The van der Waals surface area contributed by atoms with Crippen molar-refractivity contribution >= 4 is 27.5 Å². The standard InChI is InChI=1S/C37H27N3/c1-2-8-31-30(7-1)33-10-4-9-32-29(11-12-34(31)37(32)33)27-6-3-5-26(21-27)28-22-35(24-13-17-38-18-14-24)40-36(23-28)25-15-19-39-20-16-25/h1-2,4-5,7-19,21-23,39H,3,6,20H2. The van der Waals surface area contributed by atoms with Gasteiger partial charge in [0.2, 0.25) is 0 Å². The molecule has 3 nitrogen and oxygen atoms in total. The summed E-state index contributed by atoms with van der Waals surface area (Å²) in [6.07, 6.45) is 16.8. The molecule has 190 valence electrons. The van der Waals surface area contributed by atoms with Gasteiger partial charge < -0.3 is 5.32 Å². The minimum Gasteiger partial charge on any atom is -0.387 e. The van der Waals surface area contributed by atoms with E-state index in [0.29, 0.717) is 0 Å². The highest BCUT2D eigenvalue weighted by atomic mass is 14.8. The molecule has 2 aromatic heterocycles. The van der Waals surface area contributed by atoms with Crippen LogP contribution in [0.3, 0.4) is 0 Å². The Kier molecular flexibility index (Phi) is 5.34. The van der Waals surface area contributed by atoms with E-state index >= 15 is 0 Å². The van der Waals surface area contributed by atoms with Crippen LogP contribution < -0.4 is 5.32 Å². The summed E-state index contributed by atoms with van der Waals surface area (Å²) >= 11 is 0. The van der Waals surface area contributed by atoms with Gasteiger partial charge in [0.1, 0.15) is 0 Å². The first-order chi connectivity index (χ1) is 19.8. The van der Waals surface area contributed by atoms with Gasteiger partial charge in [0.05, 0.1) is 11.4 Å². The van der Waals surface area contributed by atoms with Gasteiger partial charge in [-0.15, -0.1) is 0 Å². The predicted octanol–water partition coefficient (Wildman–Crippen LogP) is 8.71. The summed E-state index contributed by atoms with van der Waals surface area (Å²) in [6.45, 7) is 0.810. The van der Waals surface area contributed by atoms with Gasteiger partial charge in [-0.1, -0.05) is 72.8 Å². The van der Waals surface area contributed by atoms with Crippen LogP contribution in [0.2, 0.25) is 0 Å². The van der Waals surface area contributed by atoms with Crippen molar-refractivity contribution in [1.82, 2.24) is 15.3 Å². The summed E-state index contributed by atoms with van der Waals surface area (Å²) in [4.78, 5) is 9.28. The first-order valence-corrected chi connectivity index (χ1v) is 13.9. The van der Waals surface area contributed by atoms with Crippen molar-refractivity contribution < 1.29 is 0 Å². The van der Waals surface area contributed by atoms with Crippen molar-refractivity contribution in [1.29, 1.82) is 0 Å². The molecule has 0 saturated carbocycles. The molecule has 0 spiro atoms. The molecule has 40 heavy (non-hydrogen) atoms. The maximum atomic E-state index is 5.06. The van der Waals surface area contributed by atoms with Crippen molar-refractivity contribution in [3.8, 4) is 33.5 Å². The molecule has 5 aromatic rings. The number of hydrogen-bond acceptors (Lipinski definition) is 3. The van der Waals surface area contributed by atoms with Crippen molar-refractivity contribution in [2.75, 3.05) is 6.54 Å². The number of hydrogen-bond donors (Lipinski definition) is 1. The maximum absolute atomic E-state index is 5.06. The molecule has 8 rings (SSSR count). The average molecular weight is 514 g/mol. The smallest absolute Gasteiger partial charge is 0.0716 e. The second-order valence-electron chi connectivity index (χ2n) is 10.6. The molecule has 0 saturated heterocycles. The number of allylic oxidation sites excluding steroid dienone is 6. The van der Waals surface area contributed by atoms with Crippen LogP contribution in [-0.4, -0.2) is 16.5 Å². The molecule has 0 unspecified atom stereocenters. The number of nitrogens with one attached hydrogen (secondary N) is 1. The van der Waals surface area contributed by atoms with Gasteiger partial charge in [0, 0.05) is 24.5 Å². The number of benzene rings is 3. The van der Waals surface area contributed by atoms with E-state index in [2.05, 4.69) is 101 Å². The Labute approximate surface area is 234 Å². The lowest BCUT2D eigenvalue weighted by Crippen LogP contribution is -2.09. The van der Waals surface area contributed by atoms with E-state index in [0.717, 1.165) is 41.9 Å². The van der Waals surface area contributed by atoms with Gasteiger partial charge in [-0.25, -0.2) is 4.98 Å².